The van der Waals surface area contributed by atoms with E-state index in [1.807, 2.05) is 19.0 Å². The Balaban J connectivity index is 1.49. The first kappa shape index (κ1) is 22.3. The Morgan fingerprint density at radius 1 is 1.00 bits per heavy atom. The average molecular weight is 409 g/mol. The fraction of sp³-hybridized carbons (Fsp3) is 0.909. The van der Waals surface area contributed by atoms with Crippen molar-refractivity contribution in [3.05, 3.63) is 0 Å². The first-order valence-corrected chi connectivity index (χ1v) is 11.6. The third-order valence-electron chi connectivity index (χ3n) is 6.84. The molecule has 2 saturated heterocycles. The number of nitrogens with zero attached hydrogens (tertiary/aromatic N) is 3. The molecule has 1 atom stereocenters. The van der Waals surface area contributed by atoms with Crippen molar-refractivity contribution >= 4 is 11.9 Å². The van der Waals surface area contributed by atoms with Gasteiger partial charge in [0.1, 0.15) is 0 Å². The van der Waals surface area contributed by atoms with Crippen molar-refractivity contribution in [2.45, 2.75) is 69.9 Å². The Kier molecular flexibility index (Phi) is 8.60. The second kappa shape index (κ2) is 11.2. The van der Waals surface area contributed by atoms with E-state index < -0.39 is 0 Å². The van der Waals surface area contributed by atoms with E-state index in [-0.39, 0.29) is 11.9 Å². The minimum absolute atomic E-state index is 0.0974. The summed E-state index contributed by atoms with van der Waals surface area (Å²) in [5, 5.41) is 3.17. The van der Waals surface area contributed by atoms with Gasteiger partial charge in [0.05, 0.1) is 0 Å². The van der Waals surface area contributed by atoms with Crippen molar-refractivity contribution in [2.75, 3.05) is 53.5 Å². The number of ether oxygens (including phenoxy) is 1. The van der Waals surface area contributed by atoms with Gasteiger partial charge in [-0.05, 0) is 38.0 Å². The van der Waals surface area contributed by atoms with Crippen molar-refractivity contribution in [1.29, 1.82) is 0 Å². The molecule has 3 fully saturated rings. The molecule has 0 unspecified atom stereocenters. The lowest BCUT2D eigenvalue weighted by molar-refractivity contribution is -0.122. The van der Waals surface area contributed by atoms with Crippen molar-refractivity contribution in [3.63, 3.8) is 0 Å². The lowest BCUT2D eigenvalue weighted by Crippen LogP contribution is -2.50. The number of nitrogens with one attached hydrogen (secondary N) is 1. The van der Waals surface area contributed by atoms with Gasteiger partial charge in [0.2, 0.25) is 5.91 Å². The second-order valence-electron chi connectivity index (χ2n) is 9.21. The van der Waals surface area contributed by atoms with Gasteiger partial charge in [0.25, 0.3) is 0 Å². The molecule has 0 aromatic rings. The predicted octanol–water partition coefficient (Wildman–Crippen LogP) is 2.31. The minimum atomic E-state index is 0.0974. The smallest absolute Gasteiger partial charge is 0.319 e. The summed E-state index contributed by atoms with van der Waals surface area (Å²) in [6.45, 7) is 4.77. The van der Waals surface area contributed by atoms with Crippen molar-refractivity contribution in [3.8, 4) is 0 Å². The molecule has 0 aromatic heterocycles. The normalized spacial score (nSPS) is 24.1. The number of likely N-dealkylation sites (tertiary alicyclic amines) is 1. The SMILES string of the molecule is CN(C)C(=O)N1CC[C@H](N(CCNC(=O)CC2CCCCC2)C2CCOCC2)C1. The molecule has 29 heavy (non-hydrogen) atoms. The van der Waals surface area contributed by atoms with E-state index >= 15 is 0 Å². The molecule has 1 aliphatic carbocycles. The van der Waals surface area contributed by atoms with Crippen LogP contribution in [0.1, 0.15) is 57.8 Å². The molecule has 0 radical (unpaired) electrons. The molecule has 7 heteroatoms. The third-order valence-corrected chi connectivity index (χ3v) is 6.84. The molecule has 2 heterocycles. The topological polar surface area (TPSA) is 65.1 Å². The molecule has 3 rings (SSSR count). The van der Waals surface area contributed by atoms with Crippen molar-refractivity contribution in [2.24, 2.45) is 5.92 Å². The van der Waals surface area contributed by atoms with E-state index in [2.05, 4.69) is 10.2 Å². The molecule has 2 aliphatic heterocycles. The number of carbonyl (C=O) groups is 2. The lowest BCUT2D eigenvalue weighted by Gasteiger charge is -2.38. The van der Waals surface area contributed by atoms with Crippen LogP contribution in [0.15, 0.2) is 0 Å². The average Bonchev–Trinajstić information content (AvgIpc) is 3.21. The maximum atomic E-state index is 12.4. The van der Waals surface area contributed by atoms with E-state index in [1.165, 1.54) is 32.1 Å². The summed E-state index contributed by atoms with van der Waals surface area (Å²) < 4.78 is 5.56. The second-order valence-corrected chi connectivity index (χ2v) is 9.21. The van der Waals surface area contributed by atoms with Crippen LogP contribution in [0.2, 0.25) is 0 Å². The highest BCUT2D eigenvalue weighted by atomic mass is 16.5. The maximum Gasteiger partial charge on any atom is 0.319 e. The monoisotopic (exact) mass is 408 g/mol. The van der Waals surface area contributed by atoms with Crippen LogP contribution in [0.4, 0.5) is 4.79 Å². The van der Waals surface area contributed by atoms with Crippen LogP contribution in [0, 0.1) is 5.92 Å². The molecule has 0 aromatic carbocycles. The molecule has 3 amide bonds. The fourth-order valence-corrected chi connectivity index (χ4v) is 5.20. The largest absolute Gasteiger partial charge is 0.381 e. The van der Waals surface area contributed by atoms with Gasteiger partial charge in [-0.1, -0.05) is 19.3 Å². The summed E-state index contributed by atoms with van der Waals surface area (Å²) in [5.41, 5.74) is 0. The number of urea groups is 1. The van der Waals surface area contributed by atoms with Crippen molar-refractivity contribution < 1.29 is 14.3 Å². The van der Waals surface area contributed by atoms with Gasteiger partial charge < -0.3 is 19.9 Å². The number of hydrogen-bond donors (Lipinski definition) is 1. The highest BCUT2D eigenvalue weighted by Gasteiger charge is 2.34. The van der Waals surface area contributed by atoms with Crippen LogP contribution in [0.5, 0.6) is 0 Å². The number of carbonyl (C=O) groups excluding carboxylic acids is 2. The van der Waals surface area contributed by atoms with E-state index in [4.69, 9.17) is 4.74 Å². The summed E-state index contributed by atoms with van der Waals surface area (Å²) in [7, 11) is 3.63. The highest BCUT2D eigenvalue weighted by Crippen LogP contribution is 2.26. The third kappa shape index (κ3) is 6.57. The van der Waals surface area contributed by atoms with E-state index in [0.29, 0.717) is 31.0 Å². The first-order chi connectivity index (χ1) is 14.0. The summed E-state index contributed by atoms with van der Waals surface area (Å²) in [6, 6.07) is 0.955. The number of amides is 3. The summed E-state index contributed by atoms with van der Waals surface area (Å²) >= 11 is 0. The molecular formula is C22H40N4O3. The molecule has 1 N–H and O–H groups in total. The zero-order valence-electron chi connectivity index (χ0n) is 18.4. The van der Waals surface area contributed by atoms with Gasteiger partial charge in [0.15, 0.2) is 0 Å². The molecule has 166 valence electrons. The Hall–Kier alpha value is -1.34. The standard InChI is InChI=1S/C22H40N4O3/c1-24(2)22(28)25-12-8-20(17-25)26(19-9-14-29-15-10-19)13-11-23-21(27)16-18-6-4-3-5-7-18/h18-20H,3-17H2,1-2H3,(H,23,27)/t20-/m0/s1. The minimum Gasteiger partial charge on any atom is -0.381 e. The Morgan fingerprint density at radius 3 is 2.41 bits per heavy atom. The lowest BCUT2D eigenvalue weighted by atomic mass is 9.87. The fourth-order valence-electron chi connectivity index (χ4n) is 5.20. The molecule has 1 saturated carbocycles. The predicted molar refractivity (Wildman–Crippen MR) is 114 cm³/mol. The van der Waals surface area contributed by atoms with Gasteiger partial charge in [0, 0.05) is 72.0 Å². The van der Waals surface area contributed by atoms with Crippen molar-refractivity contribution in [1.82, 2.24) is 20.0 Å². The quantitative estimate of drug-likeness (QED) is 0.702. The summed E-state index contributed by atoms with van der Waals surface area (Å²) in [4.78, 5) is 30.9. The zero-order chi connectivity index (χ0) is 20.6. The molecule has 3 aliphatic rings. The maximum absolute atomic E-state index is 12.4. The Labute approximate surface area is 176 Å². The summed E-state index contributed by atoms with van der Waals surface area (Å²) in [5.74, 6) is 0.787. The molecule has 7 nitrogen and oxygen atoms in total. The summed E-state index contributed by atoms with van der Waals surface area (Å²) in [6.07, 6.45) is 10.1. The van der Waals surface area contributed by atoms with Crippen LogP contribution < -0.4 is 5.32 Å². The molecule has 0 bridgehead atoms. The van der Waals surface area contributed by atoms with Crippen LogP contribution in [-0.2, 0) is 9.53 Å². The van der Waals surface area contributed by atoms with E-state index in [1.54, 1.807) is 4.90 Å². The van der Waals surface area contributed by atoms with Gasteiger partial charge in [-0.3, -0.25) is 9.69 Å². The van der Waals surface area contributed by atoms with Crippen LogP contribution >= 0.6 is 0 Å². The van der Waals surface area contributed by atoms with Gasteiger partial charge in [-0.15, -0.1) is 0 Å². The number of hydrogen-bond acceptors (Lipinski definition) is 4. The van der Waals surface area contributed by atoms with Crippen LogP contribution in [-0.4, -0.2) is 92.2 Å². The van der Waals surface area contributed by atoms with Gasteiger partial charge >= 0.3 is 6.03 Å². The molecule has 0 spiro atoms. The highest BCUT2D eigenvalue weighted by molar-refractivity contribution is 5.76. The Morgan fingerprint density at radius 2 is 1.72 bits per heavy atom. The van der Waals surface area contributed by atoms with Crippen LogP contribution in [0.3, 0.4) is 0 Å². The number of rotatable bonds is 7. The van der Waals surface area contributed by atoms with Crippen LogP contribution in [0.25, 0.3) is 0 Å². The van der Waals surface area contributed by atoms with Gasteiger partial charge in [-0.25, -0.2) is 4.79 Å². The van der Waals surface area contributed by atoms with Gasteiger partial charge in [-0.2, -0.15) is 0 Å². The van der Waals surface area contributed by atoms with E-state index in [9.17, 15) is 9.59 Å². The molecular weight excluding hydrogens is 368 g/mol. The zero-order valence-corrected chi connectivity index (χ0v) is 18.4. The first-order valence-electron chi connectivity index (χ1n) is 11.6. The Bertz CT molecular complexity index is 530. The van der Waals surface area contributed by atoms with E-state index in [0.717, 1.165) is 52.1 Å².